The van der Waals surface area contributed by atoms with E-state index in [-0.39, 0.29) is 12.4 Å². The Hall–Kier alpha value is -3.88. The van der Waals surface area contributed by atoms with Gasteiger partial charge in [0.15, 0.2) is 18.1 Å². The lowest BCUT2D eigenvalue weighted by Crippen LogP contribution is -2.36. The molecule has 0 bridgehead atoms. The van der Waals surface area contributed by atoms with E-state index in [9.17, 15) is 19.2 Å². The highest BCUT2D eigenvalue weighted by Gasteiger charge is 2.17. The highest BCUT2D eigenvalue weighted by Crippen LogP contribution is 2.32. The standard InChI is InChI=1S/C19H16N2O7/c22-16(21-19(25)12-4-2-1-3-5-12)10-26-17(23)9-20-18(24)13-6-7-14-15(8-13)28-11-27-14/h1-8H,9-11H2,(H,20,24)(H,21,22,25). The van der Waals surface area contributed by atoms with E-state index in [0.717, 1.165) is 0 Å². The van der Waals surface area contributed by atoms with Gasteiger partial charge in [-0.25, -0.2) is 0 Å². The number of carbonyl (C=O) groups is 4. The number of carbonyl (C=O) groups excluding carboxylic acids is 4. The Morgan fingerprint density at radius 1 is 0.893 bits per heavy atom. The van der Waals surface area contributed by atoms with Crippen LogP contribution in [0.25, 0.3) is 0 Å². The third-order valence-corrected chi connectivity index (χ3v) is 3.68. The van der Waals surface area contributed by atoms with Crippen LogP contribution in [0.15, 0.2) is 48.5 Å². The zero-order chi connectivity index (χ0) is 19.9. The number of amides is 3. The van der Waals surface area contributed by atoms with Crippen LogP contribution in [0, 0.1) is 0 Å². The third kappa shape index (κ3) is 4.85. The molecule has 0 aliphatic carbocycles. The van der Waals surface area contributed by atoms with Crippen LogP contribution in [0.3, 0.4) is 0 Å². The molecule has 9 nitrogen and oxygen atoms in total. The first-order valence-corrected chi connectivity index (χ1v) is 8.25. The number of esters is 1. The fourth-order valence-electron chi connectivity index (χ4n) is 2.31. The lowest BCUT2D eigenvalue weighted by Gasteiger charge is -2.07. The Balaban J connectivity index is 1.40. The highest BCUT2D eigenvalue weighted by molar-refractivity contribution is 6.05. The van der Waals surface area contributed by atoms with Crippen molar-refractivity contribution < 1.29 is 33.4 Å². The summed E-state index contributed by atoms with van der Waals surface area (Å²) in [5.74, 6) is -1.74. The molecule has 144 valence electrons. The summed E-state index contributed by atoms with van der Waals surface area (Å²) in [6, 6.07) is 12.7. The molecule has 0 spiro atoms. The van der Waals surface area contributed by atoms with Crippen LogP contribution in [0.5, 0.6) is 11.5 Å². The molecule has 3 rings (SSSR count). The molecule has 2 aromatic rings. The number of imide groups is 1. The minimum atomic E-state index is -0.823. The van der Waals surface area contributed by atoms with Gasteiger partial charge < -0.3 is 19.5 Å². The second kappa shape index (κ2) is 8.67. The summed E-state index contributed by atoms with van der Waals surface area (Å²) >= 11 is 0. The van der Waals surface area contributed by atoms with E-state index < -0.39 is 36.8 Å². The highest BCUT2D eigenvalue weighted by atomic mass is 16.7. The Bertz CT molecular complexity index is 912. The minimum absolute atomic E-state index is 0.0849. The van der Waals surface area contributed by atoms with Gasteiger partial charge in [-0.3, -0.25) is 24.5 Å². The van der Waals surface area contributed by atoms with Crippen molar-refractivity contribution in [3.8, 4) is 11.5 Å². The van der Waals surface area contributed by atoms with Gasteiger partial charge in [0.1, 0.15) is 6.54 Å². The normalized spacial score (nSPS) is 11.4. The van der Waals surface area contributed by atoms with Crippen LogP contribution in [-0.2, 0) is 14.3 Å². The molecule has 2 aromatic carbocycles. The van der Waals surface area contributed by atoms with E-state index in [1.54, 1.807) is 36.4 Å². The topological polar surface area (TPSA) is 120 Å². The zero-order valence-corrected chi connectivity index (χ0v) is 14.6. The summed E-state index contributed by atoms with van der Waals surface area (Å²) in [5, 5.41) is 4.47. The molecule has 0 radical (unpaired) electrons. The third-order valence-electron chi connectivity index (χ3n) is 3.68. The molecule has 3 amide bonds. The molecule has 2 N–H and O–H groups in total. The number of nitrogens with one attached hydrogen (secondary N) is 2. The smallest absolute Gasteiger partial charge is 0.325 e. The fourth-order valence-corrected chi connectivity index (χ4v) is 2.31. The quantitative estimate of drug-likeness (QED) is 0.702. The van der Waals surface area contributed by atoms with Gasteiger partial charge in [0.25, 0.3) is 17.7 Å². The zero-order valence-electron chi connectivity index (χ0n) is 14.6. The van der Waals surface area contributed by atoms with Crippen molar-refractivity contribution in [2.24, 2.45) is 0 Å². The molecule has 0 unspecified atom stereocenters. The summed E-state index contributed by atoms with van der Waals surface area (Å²) < 4.78 is 15.1. The molecule has 9 heteroatoms. The predicted octanol–water partition coefficient (Wildman–Crippen LogP) is 0.645. The van der Waals surface area contributed by atoms with Crippen LogP contribution in [0.4, 0.5) is 0 Å². The maximum Gasteiger partial charge on any atom is 0.325 e. The monoisotopic (exact) mass is 384 g/mol. The number of hydrogen-bond donors (Lipinski definition) is 2. The van der Waals surface area contributed by atoms with Crippen molar-refractivity contribution in [2.45, 2.75) is 0 Å². The summed E-state index contributed by atoms with van der Waals surface area (Å²) in [6.07, 6.45) is 0. The van der Waals surface area contributed by atoms with Gasteiger partial charge in [-0.15, -0.1) is 0 Å². The van der Waals surface area contributed by atoms with E-state index >= 15 is 0 Å². The second-order valence-electron chi connectivity index (χ2n) is 5.65. The average molecular weight is 384 g/mol. The first kappa shape index (κ1) is 18.9. The molecular formula is C19H16N2O7. The van der Waals surface area contributed by atoms with E-state index in [1.807, 2.05) is 0 Å². The molecule has 0 aromatic heterocycles. The van der Waals surface area contributed by atoms with Gasteiger partial charge in [0, 0.05) is 11.1 Å². The molecule has 0 atom stereocenters. The van der Waals surface area contributed by atoms with Gasteiger partial charge in [-0.2, -0.15) is 0 Å². The second-order valence-corrected chi connectivity index (χ2v) is 5.65. The Morgan fingerprint density at radius 3 is 2.43 bits per heavy atom. The van der Waals surface area contributed by atoms with Crippen molar-refractivity contribution in [1.29, 1.82) is 0 Å². The van der Waals surface area contributed by atoms with E-state index in [4.69, 9.17) is 14.2 Å². The first-order valence-electron chi connectivity index (χ1n) is 8.25. The molecule has 1 aliphatic heterocycles. The first-order chi connectivity index (χ1) is 13.5. The van der Waals surface area contributed by atoms with Crippen LogP contribution in [-0.4, -0.2) is 43.6 Å². The van der Waals surface area contributed by atoms with Crippen LogP contribution < -0.4 is 20.1 Å². The van der Waals surface area contributed by atoms with Gasteiger partial charge in [-0.1, -0.05) is 18.2 Å². The van der Waals surface area contributed by atoms with E-state index in [1.165, 1.54) is 12.1 Å². The lowest BCUT2D eigenvalue weighted by atomic mass is 10.2. The Labute approximate surface area is 159 Å². The largest absolute Gasteiger partial charge is 0.454 e. The van der Waals surface area contributed by atoms with Crippen molar-refractivity contribution in [1.82, 2.24) is 10.6 Å². The Kier molecular flexibility index (Phi) is 5.85. The average Bonchev–Trinajstić information content (AvgIpc) is 3.19. The maximum absolute atomic E-state index is 12.1. The molecule has 28 heavy (non-hydrogen) atoms. The van der Waals surface area contributed by atoms with Crippen LogP contribution in [0.1, 0.15) is 20.7 Å². The molecule has 0 saturated heterocycles. The van der Waals surface area contributed by atoms with Crippen molar-refractivity contribution >= 4 is 23.7 Å². The number of rotatable bonds is 6. The Morgan fingerprint density at radius 2 is 1.64 bits per heavy atom. The van der Waals surface area contributed by atoms with Gasteiger partial charge in [-0.05, 0) is 30.3 Å². The maximum atomic E-state index is 12.1. The van der Waals surface area contributed by atoms with Gasteiger partial charge in [0.05, 0.1) is 0 Å². The van der Waals surface area contributed by atoms with E-state index in [0.29, 0.717) is 17.1 Å². The summed E-state index contributed by atoms with van der Waals surface area (Å²) in [7, 11) is 0. The van der Waals surface area contributed by atoms with E-state index in [2.05, 4.69) is 10.6 Å². The van der Waals surface area contributed by atoms with Crippen molar-refractivity contribution in [2.75, 3.05) is 19.9 Å². The van der Waals surface area contributed by atoms with Gasteiger partial charge >= 0.3 is 5.97 Å². The number of benzene rings is 2. The minimum Gasteiger partial charge on any atom is -0.454 e. The SMILES string of the molecule is O=C(COC(=O)CNC(=O)c1ccc2c(c1)OCO2)NC(=O)c1ccccc1. The van der Waals surface area contributed by atoms with Crippen molar-refractivity contribution in [3.63, 3.8) is 0 Å². The molecular weight excluding hydrogens is 368 g/mol. The summed E-state index contributed by atoms with van der Waals surface area (Å²) in [5.41, 5.74) is 0.585. The molecule has 0 fully saturated rings. The predicted molar refractivity (Wildman–Crippen MR) is 94.8 cm³/mol. The number of ether oxygens (including phenoxy) is 3. The van der Waals surface area contributed by atoms with Crippen LogP contribution >= 0.6 is 0 Å². The fraction of sp³-hybridized carbons (Fsp3) is 0.158. The summed E-state index contributed by atoms with van der Waals surface area (Å²) in [4.78, 5) is 47.2. The van der Waals surface area contributed by atoms with Gasteiger partial charge in [0.2, 0.25) is 6.79 Å². The van der Waals surface area contributed by atoms with Crippen LogP contribution in [0.2, 0.25) is 0 Å². The van der Waals surface area contributed by atoms with Crippen molar-refractivity contribution in [3.05, 3.63) is 59.7 Å². The lowest BCUT2D eigenvalue weighted by molar-refractivity contribution is -0.147. The molecule has 0 saturated carbocycles. The molecule has 1 heterocycles. The number of fused-ring (bicyclic) bond motifs is 1. The molecule has 1 aliphatic rings. The summed E-state index contributed by atoms with van der Waals surface area (Å²) in [6.45, 7) is -0.994. The number of hydrogen-bond acceptors (Lipinski definition) is 7.